The minimum atomic E-state index is -0.601. The van der Waals surface area contributed by atoms with Crippen molar-refractivity contribution in [1.29, 1.82) is 0 Å². The Morgan fingerprint density at radius 2 is 1.97 bits per heavy atom. The number of nitrogen functional groups attached to an aromatic ring is 1. The van der Waals surface area contributed by atoms with E-state index in [0.29, 0.717) is 36.2 Å². The number of benzene rings is 1. The van der Waals surface area contributed by atoms with E-state index >= 15 is 0 Å². The van der Waals surface area contributed by atoms with Crippen LogP contribution in [0.25, 0.3) is 0 Å². The maximum absolute atomic E-state index is 14.3. The van der Waals surface area contributed by atoms with Gasteiger partial charge in [0.1, 0.15) is 11.6 Å². The minimum absolute atomic E-state index is 0.0562. The molecule has 3 heterocycles. The zero-order valence-electron chi connectivity index (χ0n) is 15.6. The van der Waals surface area contributed by atoms with Crippen LogP contribution in [-0.4, -0.2) is 31.7 Å². The molecule has 1 atom stereocenters. The Bertz CT molecular complexity index is 1050. The summed E-state index contributed by atoms with van der Waals surface area (Å²) in [6, 6.07) is 5.27. The van der Waals surface area contributed by atoms with Crippen LogP contribution < -0.4 is 16.0 Å². The van der Waals surface area contributed by atoms with Gasteiger partial charge in [-0.05, 0) is 31.7 Å². The number of anilines is 4. The summed E-state index contributed by atoms with van der Waals surface area (Å²) in [7, 11) is 0. The lowest BCUT2D eigenvalue weighted by Gasteiger charge is -2.25. The number of rotatable bonds is 5. The molecule has 1 aliphatic heterocycles. The number of hydrogen-bond acceptors (Lipinski definition) is 7. The van der Waals surface area contributed by atoms with Crippen molar-refractivity contribution in [2.24, 2.45) is 0 Å². The molecular weight excluding hydrogens is 378 g/mol. The van der Waals surface area contributed by atoms with E-state index in [1.54, 1.807) is 0 Å². The number of nitrogens with zero attached hydrogens (tertiary/aromatic N) is 5. The van der Waals surface area contributed by atoms with Gasteiger partial charge >= 0.3 is 0 Å². The highest BCUT2D eigenvalue weighted by atomic mass is 19.1. The van der Waals surface area contributed by atoms with Gasteiger partial charge in [0, 0.05) is 35.9 Å². The van der Waals surface area contributed by atoms with E-state index in [0.717, 1.165) is 18.2 Å². The second kappa shape index (κ2) is 6.94. The van der Waals surface area contributed by atoms with Crippen molar-refractivity contribution in [3.63, 3.8) is 0 Å². The molecule has 0 amide bonds. The molecule has 8 nitrogen and oxygen atoms in total. The van der Waals surface area contributed by atoms with Gasteiger partial charge in [0.15, 0.2) is 5.82 Å². The van der Waals surface area contributed by atoms with Crippen molar-refractivity contribution >= 4 is 23.7 Å². The fraction of sp³-hybridized carbons (Fsp3) is 0.368. The number of nitrogens with two attached hydrogens (primary N) is 1. The standard InChI is InChI=1S/C19H20F2N8/c20-11-5-6-12(13(21)8-11)15-2-1-7-29(15)19-25-17(22)24-18(26-19)23-16-9-14(27-28-16)10-3-4-10/h5-6,8-10,15H,1-4,7H2,(H4,22,23,24,25,26,27,28). The highest BCUT2D eigenvalue weighted by Gasteiger charge is 2.31. The molecule has 1 saturated carbocycles. The second-order valence-electron chi connectivity index (χ2n) is 7.44. The van der Waals surface area contributed by atoms with Crippen LogP contribution in [0, 0.1) is 11.6 Å². The molecule has 2 aromatic heterocycles. The molecule has 0 radical (unpaired) electrons. The van der Waals surface area contributed by atoms with Crippen LogP contribution in [0.15, 0.2) is 24.3 Å². The lowest BCUT2D eigenvalue weighted by molar-refractivity contribution is 0.552. The fourth-order valence-electron chi connectivity index (χ4n) is 3.78. The molecule has 29 heavy (non-hydrogen) atoms. The predicted octanol–water partition coefficient (Wildman–Crippen LogP) is 3.42. The van der Waals surface area contributed by atoms with Crippen molar-refractivity contribution in [2.45, 2.75) is 37.6 Å². The molecule has 3 aromatic rings. The normalized spacial score (nSPS) is 19.0. The van der Waals surface area contributed by atoms with E-state index in [-0.39, 0.29) is 17.9 Å². The van der Waals surface area contributed by atoms with Crippen molar-refractivity contribution in [3.8, 4) is 0 Å². The molecule has 1 aliphatic carbocycles. The Hall–Kier alpha value is -3.30. The molecule has 2 aliphatic rings. The van der Waals surface area contributed by atoms with Gasteiger partial charge in [-0.25, -0.2) is 8.78 Å². The van der Waals surface area contributed by atoms with E-state index in [9.17, 15) is 8.78 Å². The van der Waals surface area contributed by atoms with Gasteiger partial charge in [-0.3, -0.25) is 5.10 Å². The van der Waals surface area contributed by atoms with Crippen LogP contribution in [0.3, 0.4) is 0 Å². The highest BCUT2D eigenvalue weighted by Crippen LogP contribution is 2.40. The second-order valence-corrected chi connectivity index (χ2v) is 7.44. The van der Waals surface area contributed by atoms with Gasteiger partial charge in [0.05, 0.1) is 6.04 Å². The lowest BCUT2D eigenvalue weighted by atomic mass is 10.0. The number of aromatic nitrogens is 5. The Labute approximate surface area is 165 Å². The van der Waals surface area contributed by atoms with E-state index in [2.05, 4.69) is 30.5 Å². The topological polar surface area (TPSA) is 109 Å². The summed E-state index contributed by atoms with van der Waals surface area (Å²) in [5, 5.41) is 10.3. The van der Waals surface area contributed by atoms with E-state index < -0.39 is 11.6 Å². The van der Waals surface area contributed by atoms with Crippen LogP contribution in [0.2, 0.25) is 0 Å². The Morgan fingerprint density at radius 3 is 2.76 bits per heavy atom. The average molecular weight is 398 g/mol. The van der Waals surface area contributed by atoms with Crippen molar-refractivity contribution in [2.75, 3.05) is 22.5 Å². The molecule has 10 heteroatoms. The zero-order valence-corrected chi connectivity index (χ0v) is 15.6. The first kappa shape index (κ1) is 17.8. The van der Waals surface area contributed by atoms with E-state index in [1.165, 1.54) is 25.0 Å². The van der Waals surface area contributed by atoms with Gasteiger partial charge in [-0.15, -0.1) is 0 Å². The quantitative estimate of drug-likeness (QED) is 0.604. The maximum Gasteiger partial charge on any atom is 0.235 e. The maximum atomic E-state index is 14.3. The largest absolute Gasteiger partial charge is 0.368 e. The van der Waals surface area contributed by atoms with Gasteiger partial charge in [0.2, 0.25) is 17.8 Å². The average Bonchev–Trinajstić information content (AvgIpc) is 3.22. The number of H-pyrrole nitrogens is 1. The fourth-order valence-corrected chi connectivity index (χ4v) is 3.78. The van der Waals surface area contributed by atoms with Crippen LogP contribution in [0.5, 0.6) is 0 Å². The lowest BCUT2D eigenvalue weighted by Crippen LogP contribution is -2.26. The summed E-state index contributed by atoms with van der Waals surface area (Å²) in [5.74, 6) is 0.651. The third-order valence-corrected chi connectivity index (χ3v) is 5.33. The Kier molecular flexibility index (Phi) is 4.26. The molecule has 0 bridgehead atoms. The molecule has 5 rings (SSSR count). The minimum Gasteiger partial charge on any atom is -0.368 e. The predicted molar refractivity (Wildman–Crippen MR) is 104 cm³/mol. The summed E-state index contributed by atoms with van der Waals surface area (Å²) >= 11 is 0. The summed E-state index contributed by atoms with van der Waals surface area (Å²) in [4.78, 5) is 14.7. The smallest absolute Gasteiger partial charge is 0.235 e. The first-order valence-corrected chi connectivity index (χ1v) is 9.62. The first-order chi connectivity index (χ1) is 14.1. The Balaban J connectivity index is 1.42. The molecule has 4 N–H and O–H groups in total. The monoisotopic (exact) mass is 398 g/mol. The summed E-state index contributed by atoms with van der Waals surface area (Å²) in [5.41, 5.74) is 7.40. The molecule has 2 fully saturated rings. The number of hydrogen-bond donors (Lipinski definition) is 3. The van der Waals surface area contributed by atoms with Crippen LogP contribution >= 0.6 is 0 Å². The SMILES string of the molecule is Nc1nc(Nc2cc(C3CC3)[nH]n2)nc(N2CCCC2c2ccc(F)cc2F)n1. The van der Waals surface area contributed by atoms with Crippen LogP contribution in [-0.2, 0) is 0 Å². The van der Waals surface area contributed by atoms with Gasteiger partial charge in [-0.2, -0.15) is 20.1 Å². The van der Waals surface area contributed by atoms with E-state index in [1.807, 2.05) is 11.0 Å². The highest BCUT2D eigenvalue weighted by molar-refractivity contribution is 5.53. The van der Waals surface area contributed by atoms with Gasteiger partial charge < -0.3 is 16.0 Å². The Morgan fingerprint density at radius 1 is 1.10 bits per heavy atom. The number of nitrogens with one attached hydrogen (secondary N) is 2. The molecule has 1 aromatic carbocycles. The van der Waals surface area contributed by atoms with Crippen molar-refractivity contribution < 1.29 is 8.78 Å². The molecule has 1 unspecified atom stereocenters. The zero-order chi connectivity index (χ0) is 20.0. The van der Waals surface area contributed by atoms with Crippen molar-refractivity contribution in [1.82, 2.24) is 25.1 Å². The molecule has 1 saturated heterocycles. The summed E-state index contributed by atoms with van der Waals surface area (Å²) in [6.07, 6.45) is 3.88. The third-order valence-electron chi connectivity index (χ3n) is 5.33. The van der Waals surface area contributed by atoms with Gasteiger partial charge in [0.25, 0.3) is 0 Å². The molecular formula is C19H20F2N8. The molecule has 0 spiro atoms. The summed E-state index contributed by atoms with van der Waals surface area (Å²) in [6.45, 7) is 0.638. The summed E-state index contributed by atoms with van der Waals surface area (Å²) < 4.78 is 27.6. The van der Waals surface area contributed by atoms with Gasteiger partial charge in [-0.1, -0.05) is 6.07 Å². The third kappa shape index (κ3) is 3.57. The number of aromatic amines is 1. The van der Waals surface area contributed by atoms with Crippen molar-refractivity contribution in [3.05, 3.63) is 47.2 Å². The van der Waals surface area contributed by atoms with E-state index in [4.69, 9.17) is 5.73 Å². The molecule has 150 valence electrons. The van der Waals surface area contributed by atoms with Crippen LogP contribution in [0.4, 0.5) is 32.4 Å². The first-order valence-electron chi connectivity index (χ1n) is 9.62. The van der Waals surface area contributed by atoms with Crippen LogP contribution in [0.1, 0.15) is 48.9 Å². The number of halogens is 2.